The third-order valence-electron chi connectivity index (χ3n) is 3.60. The first-order valence-electron chi connectivity index (χ1n) is 6.31. The average Bonchev–Trinajstić information content (AvgIpc) is 2.27. The lowest BCUT2D eigenvalue weighted by molar-refractivity contribution is -0.140. The molecular weight excluding hydrogens is 234 g/mol. The van der Waals surface area contributed by atoms with Crippen molar-refractivity contribution in [1.82, 2.24) is 15.3 Å². The quantitative estimate of drug-likeness (QED) is 0.744. The maximum Gasteiger partial charge on any atom is 0.332 e. The van der Waals surface area contributed by atoms with Crippen molar-refractivity contribution in [3.63, 3.8) is 0 Å². The van der Waals surface area contributed by atoms with E-state index in [4.69, 9.17) is 5.11 Å². The van der Waals surface area contributed by atoms with Crippen LogP contribution in [0.5, 0.6) is 0 Å². The number of hydrogen-bond acceptors (Lipinski definition) is 3. The Morgan fingerprint density at radius 3 is 2.17 bits per heavy atom. The third kappa shape index (κ3) is 3.60. The molecule has 0 aromatic carbocycles. The van der Waals surface area contributed by atoms with Crippen molar-refractivity contribution in [2.75, 3.05) is 21.1 Å². The molecule has 0 radical (unpaired) electrons. The molecule has 0 saturated heterocycles. The Morgan fingerprint density at radius 1 is 1.17 bits per heavy atom. The summed E-state index contributed by atoms with van der Waals surface area (Å²) in [5.74, 6) is -0.846. The van der Waals surface area contributed by atoms with Gasteiger partial charge in [0.15, 0.2) is 0 Å². The zero-order valence-corrected chi connectivity index (χ0v) is 11.4. The molecule has 0 aromatic heterocycles. The number of amides is 2. The molecule has 18 heavy (non-hydrogen) atoms. The van der Waals surface area contributed by atoms with Crippen LogP contribution in [0.25, 0.3) is 0 Å². The molecule has 1 aliphatic rings. The second-order valence-electron chi connectivity index (χ2n) is 5.23. The number of nitrogens with zero attached hydrogens (tertiary/aromatic N) is 2. The Hall–Kier alpha value is -1.30. The topological polar surface area (TPSA) is 72.9 Å². The zero-order chi connectivity index (χ0) is 13.8. The summed E-state index contributed by atoms with van der Waals surface area (Å²) in [6, 6.07) is -0.247. The van der Waals surface area contributed by atoms with E-state index in [0.717, 1.165) is 32.1 Å². The molecule has 0 unspecified atom stereocenters. The highest BCUT2D eigenvalue weighted by Crippen LogP contribution is 2.35. The van der Waals surface area contributed by atoms with Gasteiger partial charge in [-0.1, -0.05) is 19.3 Å². The Balaban J connectivity index is 2.81. The fourth-order valence-electron chi connectivity index (χ4n) is 2.60. The van der Waals surface area contributed by atoms with E-state index in [1.54, 1.807) is 31.1 Å². The molecule has 0 heterocycles. The van der Waals surface area contributed by atoms with Crippen LogP contribution >= 0.6 is 0 Å². The minimum absolute atomic E-state index is 0.0182. The van der Waals surface area contributed by atoms with Gasteiger partial charge in [0, 0.05) is 21.1 Å². The van der Waals surface area contributed by atoms with E-state index < -0.39 is 11.5 Å². The number of carboxylic acid groups (broad SMARTS) is 1. The molecule has 0 aromatic rings. The molecule has 0 bridgehead atoms. The number of carbonyl (C=O) groups excluding carboxylic acids is 1. The predicted molar refractivity (Wildman–Crippen MR) is 68.1 cm³/mol. The summed E-state index contributed by atoms with van der Waals surface area (Å²) in [5.41, 5.74) is 2.13. The highest BCUT2D eigenvalue weighted by molar-refractivity contribution is 5.76. The lowest BCUT2D eigenvalue weighted by atomic mass is 9.78. The molecule has 1 rings (SSSR count). The number of hydrogen-bond donors (Lipinski definition) is 2. The molecule has 104 valence electrons. The first-order valence-corrected chi connectivity index (χ1v) is 6.31. The van der Waals surface area contributed by atoms with Gasteiger partial charge in [-0.15, -0.1) is 0 Å². The van der Waals surface area contributed by atoms with E-state index in [-0.39, 0.29) is 12.5 Å². The molecule has 0 spiro atoms. The van der Waals surface area contributed by atoms with Crippen molar-refractivity contribution < 1.29 is 14.7 Å². The van der Waals surface area contributed by atoms with Gasteiger partial charge in [0.05, 0.1) is 12.0 Å². The van der Waals surface area contributed by atoms with Crippen LogP contribution in [0.1, 0.15) is 38.5 Å². The molecule has 0 aliphatic heterocycles. The standard InChI is InChI=1S/C12H23N3O3/c1-14(2)13-11(18)15(3)12(9-10(16)17)7-5-4-6-8-12/h4-9H2,1-3H3,(H,13,18)(H,16,17). The van der Waals surface area contributed by atoms with Gasteiger partial charge >= 0.3 is 12.0 Å². The van der Waals surface area contributed by atoms with Gasteiger partial charge in [-0.3, -0.25) is 10.2 Å². The number of rotatable bonds is 4. The van der Waals surface area contributed by atoms with Crippen LogP contribution in [0, 0.1) is 0 Å². The van der Waals surface area contributed by atoms with E-state index in [1.807, 2.05) is 0 Å². The normalized spacial score (nSPS) is 18.4. The monoisotopic (exact) mass is 257 g/mol. The Kier molecular flexibility index (Phi) is 4.95. The smallest absolute Gasteiger partial charge is 0.332 e. The number of carbonyl (C=O) groups is 2. The number of hydrazine groups is 1. The van der Waals surface area contributed by atoms with Gasteiger partial charge in [0.25, 0.3) is 0 Å². The number of nitrogens with one attached hydrogen (secondary N) is 1. The minimum Gasteiger partial charge on any atom is -0.481 e. The van der Waals surface area contributed by atoms with Gasteiger partial charge in [-0.25, -0.2) is 9.80 Å². The van der Waals surface area contributed by atoms with Crippen molar-refractivity contribution in [2.24, 2.45) is 0 Å². The lowest BCUT2D eigenvalue weighted by Crippen LogP contribution is -2.56. The molecule has 1 saturated carbocycles. The van der Waals surface area contributed by atoms with Gasteiger partial charge in [0.1, 0.15) is 0 Å². The average molecular weight is 257 g/mol. The summed E-state index contributed by atoms with van der Waals surface area (Å²) in [5, 5.41) is 10.6. The van der Waals surface area contributed by atoms with E-state index in [9.17, 15) is 9.59 Å². The van der Waals surface area contributed by atoms with Gasteiger partial charge in [-0.05, 0) is 12.8 Å². The summed E-state index contributed by atoms with van der Waals surface area (Å²) < 4.78 is 0. The van der Waals surface area contributed by atoms with Crippen molar-refractivity contribution in [1.29, 1.82) is 0 Å². The third-order valence-corrected chi connectivity index (χ3v) is 3.60. The first-order chi connectivity index (χ1) is 8.37. The summed E-state index contributed by atoms with van der Waals surface area (Å²) in [7, 11) is 5.15. The van der Waals surface area contributed by atoms with Crippen molar-refractivity contribution in [3.8, 4) is 0 Å². The second-order valence-corrected chi connectivity index (χ2v) is 5.23. The Morgan fingerprint density at radius 2 is 1.72 bits per heavy atom. The summed E-state index contributed by atoms with van der Waals surface area (Å²) in [6.45, 7) is 0. The van der Waals surface area contributed by atoms with Crippen LogP contribution in [0.2, 0.25) is 0 Å². The molecule has 0 atom stereocenters. The van der Waals surface area contributed by atoms with Crippen molar-refractivity contribution in [3.05, 3.63) is 0 Å². The molecular formula is C12H23N3O3. The lowest BCUT2D eigenvalue weighted by Gasteiger charge is -2.44. The van der Waals surface area contributed by atoms with E-state index in [1.165, 1.54) is 0 Å². The first kappa shape index (κ1) is 14.8. The molecule has 1 aliphatic carbocycles. The van der Waals surface area contributed by atoms with Crippen LogP contribution in [0.4, 0.5) is 4.79 Å². The molecule has 2 N–H and O–H groups in total. The van der Waals surface area contributed by atoms with Crippen molar-refractivity contribution >= 4 is 12.0 Å². The van der Waals surface area contributed by atoms with Crippen LogP contribution in [0.3, 0.4) is 0 Å². The number of urea groups is 1. The maximum atomic E-state index is 12.0. The largest absolute Gasteiger partial charge is 0.481 e. The number of aliphatic carboxylic acids is 1. The van der Waals surface area contributed by atoms with E-state index in [2.05, 4.69) is 5.43 Å². The fourth-order valence-corrected chi connectivity index (χ4v) is 2.60. The Labute approximate surface area is 108 Å². The van der Waals surface area contributed by atoms with E-state index >= 15 is 0 Å². The molecule has 1 fully saturated rings. The maximum absolute atomic E-state index is 12.0. The SMILES string of the molecule is CN(C)NC(=O)N(C)C1(CC(=O)O)CCCCC1. The molecule has 2 amide bonds. The minimum atomic E-state index is -0.846. The summed E-state index contributed by atoms with van der Waals surface area (Å²) >= 11 is 0. The van der Waals surface area contributed by atoms with Crippen LogP contribution in [0.15, 0.2) is 0 Å². The second kappa shape index (κ2) is 6.04. The van der Waals surface area contributed by atoms with Gasteiger partial charge in [0.2, 0.25) is 0 Å². The fraction of sp³-hybridized carbons (Fsp3) is 0.833. The highest BCUT2D eigenvalue weighted by atomic mass is 16.4. The Bertz CT molecular complexity index is 312. The van der Waals surface area contributed by atoms with Gasteiger partial charge in [-0.2, -0.15) is 0 Å². The predicted octanol–water partition coefficient (Wildman–Crippen LogP) is 1.28. The molecule has 6 nitrogen and oxygen atoms in total. The summed E-state index contributed by atoms with van der Waals surface area (Å²) in [4.78, 5) is 24.6. The van der Waals surface area contributed by atoms with Crippen LogP contribution < -0.4 is 5.43 Å². The van der Waals surface area contributed by atoms with Gasteiger partial charge < -0.3 is 10.0 Å². The van der Waals surface area contributed by atoms with Crippen molar-refractivity contribution in [2.45, 2.75) is 44.1 Å². The van der Waals surface area contributed by atoms with Crippen LogP contribution in [-0.4, -0.2) is 53.7 Å². The summed E-state index contributed by atoms with van der Waals surface area (Å²) in [6.07, 6.45) is 4.61. The molecule has 6 heteroatoms. The highest BCUT2D eigenvalue weighted by Gasteiger charge is 2.40. The van der Waals surface area contributed by atoms with Crippen LogP contribution in [-0.2, 0) is 4.79 Å². The zero-order valence-electron chi connectivity index (χ0n) is 11.4. The number of carboxylic acids is 1. The van der Waals surface area contributed by atoms with E-state index in [0.29, 0.717) is 0 Å².